The molecular weight excluding hydrogens is 586 g/mol. The number of hydrogen-bond donors (Lipinski definition) is 0. The Labute approximate surface area is 265 Å². The normalized spacial score (nSPS) is 12.9. The van der Waals surface area contributed by atoms with Crippen molar-refractivity contribution < 1.29 is 33.1 Å². The number of nitrogens with zero attached hydrogens (tertiary/aromatic N) is 3. The number of ether oxygens (including phenoxy) is 2. The maximum Gasteiger partial charge on any atom is 0.441 e. The highest BCUT2D eigenvalue weighted by Crippen LogP contribution is 2.38. The van der Waals surface area contributed by atoms with Crippen molar-refractivity contribution in [1.82, 2.24) is 0 Å². The topological polar surface area (TPSA) is 128 Å². The van der Waals surface area contributed by atoms with Gasteiger partial charge in [-0.05, 0) is 27.4 Å². The summed E-state index contributed by atoms with van der Waals surface area (Å²) in [5.41, 5.74) is 9.38. The van der Waals surface area contributed by atoms with Crippen molar-refractivity contribution in [3.8, 4) is 0 Å². The summed E-state index contributed by atoms with van der Waals surface area (Å²) < 4.78 is 17.1. The van der Waals surface area contributed by atoms with Gasteiger partial charge >= 0.3 is 17.7 Å². The maximum absolute atomic E-state index is 13.1. The van der Waals surface area contributed by atoms with Crippen LogP contribution in [0.15, 0.2) is 109 Å². The van der Waals surface area contributed by atoms with Crippen LogP contribution in [0, 0.1) is 0 Å². The van der Waals surface area contributed by atoms with Crippen LogP contribution in [0.1, 0.15) is 39.2 Å². The number of ketones is 1. The molecule has 0 radical (unpaired) electrons. The van der Waals surface area contributed by atoms with E-state index in [1.54, 1.807) is 6.08 Å². The van der Waals surface area contributed by atoms with Gasteiger partial charge in [0.1, 0.15) is 12.8 Å². The molecule has 0 aliphatic carbocycles. The van der Waals surface area contributed by atoms with Gasteiger partial charge < -0.3 is 19.4 Å². The predicted molar refractivity (Wildman–Crippen MR) is 176 cm³/mol. The Kier molecular flexibility index (Phi) is 12.6. The molecule has 0 spiro atoms. The van der Waals surface area contributed by atoms with E-state index in [2.05, 4.69) is 66.1 Å². The minimum absolute atomic E-state index is 0.0468. The van der Waals surface area contributed by atoms with Gasteiger partial charge in [-0.25, -0.2) is 9.59 Å². The van der Waals surface area contributed by atoms with Gasteiger partial charge in [0, 0.05) is 6.42 Å². The lowest BCUT2D eigenvalue weighted by molar-refractivity contribution is -0.140. The summed E-state index contributed by atoms with van der Waals surface area (Å²) in [4.78, 5) is 44.9. The van der Waals surface area contributed by atoms with Crippen LogP contribution in [0.3, 0.4) is 0 Å². The van der Waals surface area contributed by atoms with E-state index in [1.807, 2.05) is 66.7 Å². The fourth-order valence-electron chi connectivity index (χ4n) is 5.13. The highest BCUT2D eigenvalue weighted by atomic mass is 28.4. The molecule has 0 aliphatic rings. The summed E-state index contributed by atoms with van der Waals surface area (Å²) in [6.07, 6.45) is 1.80. The Morgan fingerprint density at radius 1 is 0.933 bits per heavy atom. The lowest BCUT2D eigenvalue weighted by atomic mass is 10.0. The molecule has 9 nitrogen and oxygen atoms in total. The molecule has 0 fully saturated rings. The van der Waals surface area contributed by atoms with Gasteiger partial charge in [-0.15, -0.1) is 6.58 Å². The zero-order valence-electron chi connectivity index (χ0n) is 26.1. The van der Waals surface area contributed by atoms with E-state index in [1.165, 1.54) is 0 Å². The van der Waals surface area contributed by atoms with Crippen LogP contribution in [-0.4, -0.2) is 62.0 Å². The van der Waals surface area contributed by atoms with Gasteiger partial charge in [0.25, 0.3) is 14.1 Å². The second kappa shape index (κ2) is 16.3. The summed E-state index contributed by atoms with van der Waals surface area (Å²) in [6, 6.07) is 28.4. The third kappa shape index (κ3) is 9.12. The average Bonchev–Trinajstić information content (AvgIpc) is 3.05. The van der Waals surface area contributed by atoms with Gasteiger partial charge in [0.2, 0.25) is 0 Å². The first kappa shape index (κ1) is 34.7. The lowest BCUT2D eigenvalue weighted by Gasteiger charge is -2.45. The number of methoxy groups -OCH3 is 1. The standard InChI is InChI=1S/C35H39N3O6Si/c1-6-28(44-45(35(2,3)4,29-18-12-8-13-19-29)30-20-14-9-15-21-30)22-27(23-31(39)33(38-36)34(41)42-5)37-24-32(40)43-25-26-16-10-7-11-17-26/h6-21,24,27-28H,1,22-23,25H2,2-5H3/t27-,28-/m1/s1. The van der Waals surface area contributed by atoms with E-state index >= 15 is 0 Å². The lowest BCUT2D eigenvalue weighted by Crippen LogP contribution is -2.67. The van der Waals surface area contributed by atoms with Crippen LogP contribution in [0.2, 0.25) is 5.04 Å². The zero-order chi connectivity index (χ0) is 32.9. The number of carbonyl (C=O) groups is 3. The predicted octanol–water partition coefficient (Wildman–Crippen LogP) is 4.49. The molecule has 0 unspecified atom stereocenters. The van der Waals surface area contributed by atoms with Crippen LogP contribution >= 0.6 is 0 Å². The monoisotopic (exact) mass is 625 g/mol. The molecule has 2 atom stereocenters. The first-order chi connectivity index (χ1) is 21.5. The summed E-state index contributed by atoms with van der Waals surface area (Å²) in [6.45, 7) is 10.5. The quantitative estimate of drug-likeness (QED) is 0.0466. The van der Waals surface area contributed by atoms with E-state index in [-0.39, 0.29) is 24.5 Å². The Morgan fingerprint density at radius 2 is 1.47 bits per heavy atom. The molecule has 0 N–H and O–H groups in total. The van der Waals surface area contributed by atoms with E-state index in [9.17, 15) is 19.9 Å². The Morgan fingerprint density at radius 3 is 1.93 bits per heavy atom. The highest BCUT2D eigenvalue weighted by molar-refractivity contribution is 6.99. The van der Waals surface area contributed by atoms with E-state index in [4.69, 9.17) is 9.16 Å². The number of aliphatic imine (C=N–C) groups is 1. The minimum atomic E-state index is -3.02. The van der Waals surface area contributed by atoms with Crippen molar-refractivity contribution in [2.45, 2.75) is 57.4 Å². The molecular formula is C35H39N3O6Si. The molecule has 0 aromatic heterocycles. The minimum Gasteiger partial charge on any atom is -0.460 e. The summed E-state index contributed by atoms with van der Waals surface area (Å²) >= 11 is 0. The van der Waals surface area contributed by atoms with Gasteiger partial charge in [0.05, 0.1) is 19.3 Å². The summed E-state index contributed by atoms with van der Waals surface area (Å²) in [7, 11) is -1.95. The van der Waals surface area contributed by atoms with Crippen LogP contribution in [0.4, 0.5) is 0 Å². The molecule has 3 aromatic rings. The Hall–Kier alpha value is -4.76. The third-order valence-corrected chi connectivity index (χ3v) is 12.4. The average molecular weight is 626 g/mol. The molecule has 234 valence electrons. The van der Waals surface area contributed by atoms with Crippen LogP contribution in [0.5, 0.6) is 0 Å². The van der Waals surface area contributed by atoms with Gasteiger partial charge in [-0.1, -0.05) is 118 Å². The van der Waals surface area contributed by atoms with Crippen molar-refractivity contribution >= 4 is 48.3 Å². The molecule has 3 aromatic carbocycles. The van der Waals surface area contributed by atoms with Crippen molar-refractivity contribution in [3.05, 3.63) is 115 Å². The molecule has 0 bridgehead atoms. The largest absolute Gasteiger partial charge is 0.460 e. The first-order valence-electron chi connectivity index (χ1n) is 14.5. The van der Waals surface area contributed by atoms with Gasteiger partial charge in [0.15, 0.2) is 0 Å². The number of hydrogen-bond acceptors (Lipinski definition) is 7. The first-order valence-corrected chi connectivity index (χ1v) is 16.4. The fraction of sp³-hybridized carbons (Fsp3) is 0.286. The maximum atomic E-state index is 13.1. The third-order valence-electron chi connectivity index (χ3n) is 7.29. The van der Waals surface area contributed by atoms with Gasteiger partial charge in [-0.2, -0.15) is 4.79 Å². The second-order valence-corrected chi connectivity index (χ2v) is 15.6. The van der Waals surface area contributed by atoms with Crippen LogP contribution in [0.25, 0.3) is 5.53 Å². The SMILES string of the molecule is C=C[C@H](C[C@H](CC(=O)C(=[N+]=[N-])C(=O)OC)N=CC(=O)OCc1ccccc1)O[Si](c1ccccc1)(c1ccccc1)C(C)(C)C. The van der Waals surface area contributed by atoms with Crippen LogP contribution in [-0.2, 0) is 34.9 Å². The molecule has 10 heteroatoms. The van der Waals surface area contributed by atoms with E-state index in [0.717, 1.165) is 29.3 Å². The van der Waals surface area contributed by atoms with E-state index in [0.29, 0.717) is 0 Å². The van der Waals surface area contributed by atoms with Crippen LogP contribution < -0.4 is 10.4 Å². The Bertz CT molecular complexity index is 1490. The van der Waals surface area contributed by atoms with Gasteiger partial charge in [-0.3, -0.25) is 9.79 Å². The second-order valence-electron chi connectivity index (χ2n) is 11.4. The highest BCUT2D eigenvalue weighted by Gasteiger charge is 2.51. The molecule has 0 aliphatic heterocycles. The Balaban J connectivity index is 1.97. The number of benzene rings is 3. The summed E-state index contributed by atoms with van der Waals surface area (Å²) in [5.74, 6) is -2.60. The summed E-state index contributed by atoms with van der Waals surface area (Å²) in [5, 5.41) is 1.77. The molecule has 0 saturated carbocycles. The number of carbonyl (C=O) groups excluding carboxylic acids is 3. The molecule has 3 rings (SSSR count). The molecule has 0 heterocycles. The van der Waals surface area contributed by atoms with Crippen molar-refractivity contribution in [3.63, 3.8) is 0 Å². The molecule has 0 saturated heterocycles. The fourth-order valence-corrected chi connectivity index (χ4v) is 9.79. The molecule has 45 heavy (non-hydrogen) atoms. The van der Waals surface area contributed by atoms with Crippen molar-refractivity contribution in [2.24, 2.45) is 4.99 Å². The number of Topliss-reactive ketones (excluding diaryl/α,β-unsaturated/α-hetero) is 1. The van der Waals surface area contributed by atoms with Crippen molar-refractivity contribution in [1.29, 1.82) is 0 Å². The van der Waals surface area contributed by atoms with E-state index < -0.39 is 43.9 Å². The number of rotatable bonds is 15. The molecule has 0 amide bonds. The zero-order valence-corrected chi connectivity index (χ0v) is 27.1. The number of esters is 2. The van der Waals surface area contributed by atoms with Crippen molar-refractivity contribution in [2.75, 3.05) is 7.11 Å². The smallest absolute Gasteiger partial charge is 0.441 e.